The zero-order valence-electron chi connectivity index (χ0n) is 9.78. The van der Waals surface area contributed by atoms with Gasteiger partial charge in [-0.05, 0) is 46.1 Å². The first-order valence-electron chi connectivity index (χ1n) is 5.76. The molecule has 1 aromatic carbocycles. The third-order valence-corrected chi connectivity index (χ3v) is 3.00. The molecule has 0 aliphatic heterocycles. The third kappa shape index (κ3) is 3.30. The maximum Gasteiger partial charge on any atom is 0.130 e. The van der Waals surface area contributed by atoms with Crippen molar-refractivity contribution in [1.82, 2.24) is 4.98 Å². The number of aromatic nitrogens is 1. The maximum absolute atomic E-state index is 4.32. The Morgan fingerprint density at radius 2 is 2.00 bits per heavy atom. The highest BCUT2D eigenvalue weighted by Crippen LogP contribution is 2.21. The molecule has 1 aromatic heterocycles. The summed E-state index contributed by atoms with van der Waals surface area (Å²) in [5.41, 5.74) is 2.48. The molecule has 0 saturated heterocycles. The highest BCUT2D eigenvalue weighted by atomic mass is 79.9. The first-order chi connectivity index (χ1) is 8.29. The van der Waals surface area contributed by atoms with Crippen LogP contribution in [0.3, 0.4) is 0 Å². The zero-order valence-corrected chi connectivity index (χ0v) is 11.4. The van der Waals surface area contributed by atoms with Crippen LogP contribution in [0.5, 0.6) is 0 Å². The van der Waals surface area contributed by atoms with Gasteiger partial charge in [0, 0.05) is 16.4 Å². The Morgan fingerprint density at radius 3 is 2.71 bits per heavy atom. The van der Waals surface area contributed by atoms with Crippen molar-refractivity contribution in [1.29, 1.82) is 0 Å². The summed E-state index contributed by atoms with van der Waals surface area (Å²) in [5.74, 6) is 0.872. The Labute approximate surface area is 110 Å². The normalized spacial score (nSPS) is 10.2. The molecule has 2 rings (SSSR count). The molecule has 0 bridgehead atoms. The zero-order chi connectivity index (χ0) is 12.1. The minimum absolute atomic E-state index is 0.872. The molecule has 0 unspecified atom stereocenters. The number of para-hydroxylation sites is 1. The van der Waals surface area contributed by atoms with E-state index in [2.05, 4.69) is 51.4 Å². The second-order valence-electron chi connectivity index (χ2n) is 3.89. The molecule has 1 heterocycles. The molecular weight excluding hydrogens is 276 g/mol. The quantitative estimate of drug-likeness (QED) is 0.894. The van der Waals surface area contributed by atoms with Crippen LogP contribution in [0.1, 0.15) is 18.9 Å². The van der Waals surface area contributed by atoms with Crippen LogP contribution >= 0.6 is 15.9 Å². The second-order valence-corrected chi connectivity index (χ2v) is 4.81. The van der Waals surface area contributed by atoms with E-state index in [1.54, 1.807) is 6.20 Å². The van der Waals surface area contributed by atoms with Crippen molar-refractivity contribution >= 4 is 27.4 Å². The number of aryl methyl sites for hydroxylation is 1. The van der Waals surface area contributed by atoms with Gasteiger partial charge in [-0.1, -0.05) is 31.5 Å². The van der Waals surface area contributed by atoms with E-state index in [1.807, 2.05) is 18.2 Å². The van der Waals surface area contributed by atoms with Gasteiger partial charge in [-0.3, -0.25) is 0 Å². The number of anilines is 2. The van der Waals surface area contributed by atoms with E-state index >= 15 is 0 Å². The van der Waals surface area contributed by atoms with Crippen LogP contribution < -0.4 is 5.32 Å². The van der Waals surface area contributed by atoms with E-state index in [9.17, 15) is 0 Å². The van der Waals surface area contributed by atoms with Gasteiger partial charge in [0.05, 0.1) is 0 Å². The van der Waals surface area contributed by atoms with Gasteiger partial charge in [-0.2, -0.15) is 0 Å². The predicted octanol–water partition coefficient (Wildman–Crippen LogP) is 4.54. The van der Waals surface area contributed by atoms with Crippen LogP contribution in [0.2, 0.25) is 0 Å². The van der Waals surface area contributed by atoms with Crippen LogP contribution in [0, 0.1) is 0 Å². The number of hydrogen-bond acceptors (Lipinski definition) is 2. The van der Waals surface area contributed by atoms with Crippen LogP contribution in [0.4, 0.5) is 11.5 Å². The molecule has 17 heavy (non-hydrogen) atoms. The van der Waals surface area contributed by atoms with E-state index in [0.717, 1.165) is 28.8 Å². The lowest BCUT2D eigenvalue weighted by Crippen LogP contribution is -1.97. The fraction of sp³-hybridized carbons (Fsp3) is 0.214. The Balaban J connectivity index is 2.20. The molecule has 3 heteroatoms. The Kier molecular flexibility index (Phi) is 4.15. The Hall–Kier alpha value is -1.35. The summed E-state index contributed by atoms with van der Waals surface area (Å²) in [6.07, 6.45) is 4.02. The fourth-order valence-corrected chi connectivity index (χ4v) is 1.95. The van der Waals surface area contributed by atoms with Gasteiger partial charge in [-0.15, -0.1) is 0 Å². The molecule has 0 spiro atoms. The van der Waals surface area contributed by atoms with Gasteiger partial charge in [-0.25, -0.2) is 4.98 Å². The number of rotatable bonds is 4. The number of hydrogen-bond donors (Lipinski definition) is 1. The van der Waals surface area contributed by atoms with Crippen molar-refractivity contribution in [3.8, 4) is 0 Å². The van der Waals surface area contributed by atoms with Gasteiger partial charge >= 0.3 is 0 Å². The molecule has 0 saturated carbocycles. The average Bonchev–Trinajstić information content (AvgIpc) is 2.35. The number of nitrogens with zero attached hydrogens (tertiary/aromatic N) is 1. The minimum Gasteiger partial charge on any atom is -0.340 e. The number of benzene rings is 1. The van der Waals surface area contributed by atoms with Crippen molar-refractivity contribution in [3.05, 3.63) is 52.6 Å². The van der Waals surface area contributed by atoms with Crippen LogP contribution in [0.15, 0.2) is 47.1 Å². The molecule has 2 nitrogen and oxygen atoms in total. The standard InChI is InChI=1S/C14H15BrN2/c1-2-5-11-6-3-4-7-13(11)17-14-9-8-12(15)10-16-14/h3-4,6-10H,2,5H2,1H3,(H,16,17). The highest BCUT2D eigenvalue weighted by Gasteiger charge is 2.01. The molecule has 0 atom stereocenters. The van der Waals surface area contributed by atoms with Crippen molar-refractivity contribution in [3.63, 3.8) is 0 Å². The third-order valence-electron chi connectivity index (χ3n) is 2.53. The minimum atomic E-state index is 0.872. The van der Waals surface area contributed by atoms with E-state index < -0.39 is 0 Å². The summed E-state index contributed by atoms with van der Waals surface area (Å²) in [4.78, 5) is 4.32. The first kappa shape index (κ1) is 12.1. The molecule has 0 radical (unpaired) electrons. The molecule has 0 fully saturated rings. The summed E-state index contributed by atoms with van der Waals surface area (Å²) in [6.45, 7) is 2.19. The Bertz CT molecular complexity index is 480. The topological polar surface area (TPSA) is 24.9 Å². The SMILES string of the molecule is CCCc1ccccc1Nc1ccc(Br)cn1. The lowest BCUT2D eigenvalue weighted by Gasteiger charge is -2.10. The smallest absolute Gasteiger partial charge is 0.130 e. The van der Waals surface area contributed by atoms with Gasteiger partial charge in [0.25, 0.3) is 0 Å². The summed E-state index contributed by atoms with van der Waals surface area (Å²) < 4.78 is 0.991. The molecule has 88 valence electrons. The lowest BCUT2D eigenvalue weighted by molar-refractivity contribution is 0.923. The molecule has 0 amide bonds. The van der Waals surface area contributed by atoms with Crippen molar-refractivity contribution in [2.75, 3.05) is 5.32 Å². The monoisotopic (exact) mass is 290 g/mol. The van der Waals surface area contributed by atoms with Crippen LogP contribution in [0.25, 0.3) is 0 Å². The highest BCUT2D eigenvalue weighted by molar-refractivity contribution is 9.10. The lowest BCUT2D eigenvalue weighted by atomic mass is 10.1. The first-order valence-corrected chi connectivity index (χ1v) is 6.55. The number of pyridine rings is 1. The van der Waals surface area contributed by atoms with Crippen LogP contribution in [-0.4, -0.2) is 4.98 Å². The van der Waals surface area contributed by atoms with Gasteiger partial charge < -0.3 is 5.32 Å². The van der Waals surface area contributed by atoms with Gasteiger partial charge in [0.1, 0.15) is 5.82 Å². The summed E-state index contributed by atoms with van der Waals surface area (Å²) in [7, 11) is 0. The number of nitrogens with one attached hydrogen (secondary N) is 1. The van der Waals surface area contributed by atoms with Crippen molar-refractivity contribution in [2.24, 2.45) is 0 Å². The molecule has 1 N–H and O–H groups in total. The van der Waals surface area contributed by atoms with E-state index in [-0.39, 0.29) is 0 Å². The molecular formula is C14H15BrN2. The molecule has 0 aliphatic carbocycles. The number of halogens is 1. The fourth-order valence-electron chi connectivity index (χ4n) is 1.72. The van der Waals surface area contributed by atoms with Crippen molar-refractivity contribution in [2.45, 2.75) is 19.8 Å². The van der Waals surface area contributed by atoms with Gasteiger partial charge in [0.2, 0.25) is 0 Å². The molecule has 2 aromatic rings. The van der Waals surface area contributed by atoms with Crippen LogP contribution in [-0.2, 0) is 6.42 Å². The van der Waals surface area contributed by atoms with Crippen molar-refractivity contribution < 1.29 is 0 Å². The molecule has 0 aliphatic rings. The average molecular weight is 291 g/mol. The predicted molar refractivity (Wildman–Crippen MR) is 75.7 cm³/mol. The summed E-state index contributed by atoms with van der Waals surface area (Å²) in [6, 6.07) is 12.3. The largest absolute Gasteiger partial charge is 0.340 e. The van der Waals surface area contributed by atoms with Gasteiger partial charge in [0.15, 0.2) is 0 Å². The van der Waals surface area contributed by atoms with E-state index in [4.69, 9.17) is 0 Å². The van der Waals surface area contributed by atoms with E-state index in [1.165, 1.54) is 5.56 Å². The maximum atomic E-state index is 4.32. The Morgan fingerprint density at radius 1 is 1.18 bits per heavy atom. The summed E-state index contributed by atoms with van der Waals surface area (Å²) in [5, 5.41) is 3.35. The van der Waals surface area contributed by atoms with E-state index in [0.29, 0.717) is 0 Å². The second kappa shape index (κ2) is 5.82. The summed E-state index contributed by atoms with van der Waals surface area (Å²) >= 11 is 3.38.